The van der Waals surface area contributed by atoms with Crippen LogP contribution in [-0.4, -0.2) is 23.6 Å². The average molecular weight is 208 g/mol. The summed E-state index contributed by atoms with van der Waals surface area (Å²) in [5.41, 5.74) is 5.82. The summed E-state index contributed by atoms with van der Waals surface area (Å²) in [5.74, 6) is -0.101. The normalized spacial score (nSPS) is 10.6. The van der Waals surface area contributed by atoms with Crippen molar-refractivity contribution < 1.29 is 9.59 Å². The number of hydrogen-bond donors (Lipinski definition) is 2. The average Bonchev–Trinajstić information content (AvgIpc) is 2.74. The van der Waals surface area contributed by atoms with Crippen LogP contribution >= 0.6 is 11.3 Å². The molecule has 2 aromatic heterocycles. The quantitative estimate of drug-likeness (QED) is 0.587. The van der Waals surface area contributed by atoms with Crippen LogP contribution in [0.1, 0.15) is 20.0 Å². The Hall–Kier alpha value is -1.46. The van der Waals surface area contributed by atoms with Gasteiger partial charge in [-0.2, -0.15) is 0 Å². The Morgan fingerprint density at radius 1 is 1.64 bits per heavy atom. The van der Waals surface area contributed by atoms with Crippen molar-refractivity contribution in [1.29, 1.82) is 0 Å². The third-order valence-electron chi connectivity index (χ3n) is 1.99. The number of fused-ring (bicyclic) bond motifs is 1. The number of aromatic amines is 1. The van der Waals surface area contributed by atoms with Crippen molar-refractivity contribution in [1.82, 2.24) is 4.98 Å². The molecule has 0 saturated heterocycles. The van der Waals surface area contributed by atoms with Gasteiger partial charge in [0.2, 0.25) is 0 Å². The maximum absolute atomic E-state index is 11.3. The molecule has 0 radical (unpaired) electrons. The number of carbonyl (C=O) groups excluding carboxylic acids is 2. The molecule has 0 aliphatic rings. The number of hydrogen-bond acceptors (Lipinski definition) is 4. The zero-order valence-electron chi connectivity index (χ0n) is 7.24. The van der Waals surface area contributed by atoms with Gasteiger partial charge in [-0.3, -0.25) is 9.59 Å². The van der Waals surface area contributed by atoms with Gasteiger partial charge in [0, 0.05) is 17.1 Å². The molecule has 14 heavy (non-hydrogen) atoms. The molecule has 3 N–H and O–H groups in total. The first-order valence-corrected chi connectivity index (χ1v) is 4.87. The summed E-state index contributed by atoms with van der Waals surface area (Å²) in [4.78, 5) is 26.2. The molecule has 0 aliphatic carbocycles. The first kappa shape index (κ1) is 9.11. The molecular weight excluding hydrogens is 200 g/mol. The molecule has 0 amide bonds. The number of carbonyl (C=O) groups is 2. The lowest BCUT2D eigenvalue weighted by atomic mass is 10.2. The van der Waals surface area contributed by atoms with Crippen molar-refractivity contribution in [3.05, 3.63) is 22.7 Å². The lowest BCUT2D eigenvalue weighted by Crippen LogP contribution is -2.11. The molecule has 0 aliphatic heterocycles. The number of nitrogens with two attached hydrogens (primary N) is 1. The van der Waals surface area contributed by atoms with Crippen LogP contribution in [-0.2, 0) is 0 Å². The molecule has 5 heteroatoms. The summed E-state index contributed by atoms with van der Waals surface area (Å²) >= 11 is 1.32. The number of ketones is 1. The number of aromatic nitrogens is 1. The highest BCUT2D eigenvalue weighted by Gasteiger charge is 2.11. The van der Waals surface area contributed by atoms with Crippen molar-refractivity contribution in [2.45, 2.75) is 0 Å². The van der Waals surface area contributed by atoms with Crippen molar-refractivity contribution in [2.24, 2.45) is 5.73 Å². The SMILES string of the molecule is NCC(=O)c1cc2c(C=O)c[nH]c2s1. The standard InChI is InChI=1S/C9H8N2O2S/c10-2-7(13)8-1-6-5(4-12)3-11-9(6)14-8/h1,3-4,11H,2,10H2. The van der Waals surface area contributed by atoms with E-state index in [-0.39, 0.29) is 12.3 Å². The second-order valence-corrected chi connectivity index (χ2v) is 3.89. The van der Waals surface area contributed by atoms with Crippen LogP contribution in [0.15, 0.2) is 12.3 Å². The Kier molecular flexibility index (Phi) is 2.18. The van der Waals surface area contributed by atoms with Crippen molar-refractivity contribution in [2.75, 3.05) is 6.54 Å². The first-order valence-electron chi connectivity index (χ1n) is 4.05. The van der Waals surface area contributed by atoms with Gasteiger partial charge in [0.1, 0.15) is 4.83 Å². The van der Waals surface area contributed by atoms with Crippen molar-refractivity contribution >= 4 is 33.6 Å². The summed E-state index contributed by atoms with van der Waals surface area (Å²) in [6.07, 6.45) is 2.40. The van der Waals surface area contributed by atoms with E-state index in [1.807, 2.05) is 0 Å². The van der Waals surface area contributed by atoms with Gasteiger partial charge in [0.05, 0.1) is 11.4 Å². The Bertz CT molecular complexity index is 498. The number of aldehydes is 1. The second kappa shape index (κ2) is 3.36. The van der Waals surface area contributed by atoms with Crippen LogP contribution in [0.2, 0.25) is 0 Å². The van der Waals surface area contributed by atoms with Crippen LogP contribution in [0.4, 0.5) is 0 Å². The highest BCUT2D eigenvalue weighted by atomic mass is 32.1. The van der Waals surface area contributed by atoms with Gasteiger partial charge < -0.3 is 10.7 Å². The topological polar surface area (TPSA) is 76.0 Å². The third-order valence-corrected chi connectivity index (χ3v) is 3.10. The van der Waals surface area contributed by atoms with Gasteiger partial charge >= 0.3 is 0 Å². The molecule has 0 atom stereocenters. The molecule has 0 fully saturated rings. The molecule has 72 valence electrons. The van der Waals surface area contributed by atoms with E-state index in [9.17, 15) is 9.59 Å². The van der Waals surface area contributed by atoms with E-state index in [0.717, 1.165) is 16.5 Å². The van der Waals surface area contributed by atoms with E-state index in [1.165, 1.54) is 11.3 Å². The van der Waals surface area contributed by atoms with Crippen LogP contribution < -0.4 is 5.73 Å². The molecule has 0 bridgehead atoms. The Balaban J connectivity index is 2.57. The number of rotatable bonds is 3. The van der Waals surface area contributed by atoms with E-state index >= 15 is 0 Å². The van der Waals surface area contributed by atoms with Crippen molar-refractivity contribution in [3.8, 4) is 0 Å². The van der Waals surface area contributed by atoms with E-state index in [4.69, 9.17) is 5.73 Å². The third kappa shape index (κ3) is 1.26. The molecule has 4 nitrogen and oxygen atoms in total. The van der Waals surface area contributed by atoms with Gasteiger partial charge in [0.15, 0.2) is 12.1 Å². The Morgan fingerprint density at radius 3 is 3.07 bits per heavy atom. The van der Waals surface area contributed by atoms with E-state index in [1.54, 1.807) is 12.3 Å². The first-order chi connectivity index (χ1) is 6.76. The minimum atomic E-state index is -0.101. The fraction of sp³-hybridized carbons (Fsp3) is 0.111. The number of Topliss-reactive ketones (excluding diaryl/α,β-unsaturated/α-hetero) is 1. The predicted octanol–water partition coefficient (Wildman–Crippen LogP) is 1.18. The Labute approximate surface area is 83.7 Å². The van der Waals surface area contributed by atoms with Gasteiger partial charge in [0.25, 0.3) is 0 Å². The zero-order valence-corrected chi connectivity index (χ0v) is 8.06. The van der Waals surface area contributed by atoms with E-state index < -0.39 is 0 Å². The second-order valence-electron chi connectivity index (χ2n) is 2.84. The highest BCUT2D eigenvalue weighted by molar-refractivity contribution is 7.20. The summed E-state index contributed by atoms with van der Waals surface area (Å²) in [7, 11) is 0. The molecular formula is C9H8N2O2S. The molecule has 2 rings (SSSR count). The fourth-order valence-electron chi connectivity index (χ4n) is 1.27. The lowest BCUT2D eigenvalue weighted by molar-refractivity contribution is 0.100. The molecule has 0 spiro atoms. The summed E-state index contributed by atoms with van der Waals surface area (Å²) in [5, 5.41) is 0.793. The predicted molar refractivity (Wildman–Crippen MR) is 54.9 cm³/mol. The van der Waals surface area contributed by atoms with Crippen LogP contribution in [0, 0.1) is 0 Å². The number of nitrogens with one attached hydrogen (secondary N) is 1. The highest BCUT2D eigenvalue weighted by Crippen LogP contribution is 2.26. The van der Waals surface area contributed by atoms with E-state index in [0.29, 0.717) is 10.4 Å². The molecule has 0 unspecified atom stereocenters. The minimum Gasteiger partial charge on any atom is -0.352 e. The van der Waals surface area contributed by atoms with Gasteiger partial charge in [-0.25, -0.2) is 0 Å². The van der Waals surface area contributed by atoms with Gasteiger partial charge in [-0.05, 0) is 6.07 Å². The maximum Gasteiger partial charge on any atom is 0.186 e. The molecule has 0 saturated carbocycles. The van der Waals surface area contributed by atoms with E-state index in [2.05, 4.69) is 4.98 Å². The summed E-state index contributed by atoms with van der Waals surface area (Å²) in [6, 6.07) is 1.70. The van der Waals surface area contributed by atoms with Gasteiger partial charge in [-0.15, -0.1) is 11.3 Å². The summed E-state index contributed by atoms with van der Waals surface area (Å²) in [6.45, 7) is -0.000466. The summed E-state index contributed by atoms with van der Waals surface area (Å²) < 4.78 is 0. The van der Waals surface area contributed by atoms with Crippen LogP contribution in [0.25, 0.3) is 10.2 Å². The van der Waals surface area contributed by atoms with Crippen LogP contribution in [0.3, 0.4) is 0 Å². The van der Waals surface area contributed by atoms with Crippen LogP contribution in [0.5, 0.6) is 0 Å². The largest absolute Gasteiger partial charge is 0.352 e. The lowest BCUT2D eigenvalue weighted by Gasteiger charge is -1.88. The molecule has 2 heterocycles. The molecule has 0 aromatic carbocycles. The maximum atomic E-state index is 11.3. The van der Waals surface area contributed by atoms with Crippen molar-refractivity contribution in [3.63, 3.8) is 0 Å². The van der Waals surface area contributed by atoms with Gasteiger partial charge in [-0.1, -0.05) is 0 Å². The monoisotopic (exact) mass is 208 g/mol. The zero-order chi connectivity index (χ0) is 10.1. The Morgan fingerprint density at radius 2 is 2.43 bits per heavy atom. The molecule has 2 aromatic rings. The minimum absolute atomic E-state index is 0.000466. The smallest absolute Gasteiger partial charge is 0.186 e. The number of thiophene rings is 1. The fourth-order valence-corrected chi connectivity index (χ4v) is 2.27. The number of H-pyrrole nitrogens is 1.